The molecule has 2 heterocycles. The lowest BCUT2D eigenvalue weighted by Gasteiger charge is -1.99. The lowest BCUT2D eigenvalue weighted by atomic mass is 10.1. The molecule has 21 heavy (non-hydrogen) atoms. The van der Waals surface area contributed by atoms with Gasteiger partial charge in [0, 0.05) is 18.8 Å². The molecule has 0 aliphatic carbocycles. The summed E-state index contributed by atoms with van der Waals surface area (Å²) in [6, 6.07) is 9.70. The number of nitrogens with zero attached hydrogens (tertiary/aromatic N) is 3. The van der Waals surface area contributed by atoms with E-state index in [0.29, 0.717) is 5.69 Å². The normalized spacial score (nSPS) is 10.6. The van der Waals surface area contributed by atoms with Crippen molar-refractivity contribution in [1.29, 1.82) is 0 Å². The average molecular weight is 299 g/mol. The van der Waals surface area contributed by atoms with Crippen molar-refractivity contribution in [2.75, 3.05) is 7.11 Å². The summed E-state index contributed by atoms with van der Waals surface area (Å²) in [5.41, 5.74) is 2.17. The van der Waals surface area contributed by atoms with Crippen molar-refractivity contribution >= 4 is 17.3 Å². The molecule has 1 aromatic carbocycles. The van der Waals surface area contributed by atoms with Gasteiger partial charge in [-0.2, -0.15) is 5.10 Å². The number of thiazole rings is 1. The lowest BCUT2D eigenvalue weighted by molar-refractivity contribution is 0.0596. The van der Waals surface area contributed by atoms with E-state index in [1.54, 1.807) is 10.9 Å². The van der Waals surface area contributed by atoms with Crippen LogP contribution in [-0.2, 0) is 11.8 Å². The molecular formula is C15H13N3O2S. The molecule has 106 valence electrons. The molecule has 5 nitrogen and oxygen atoms in total. The number of aromatic nitrogens is 3. The molecule has 0 saturated heterocycles. The second kappa shape index (κ2) is 5.49. The Hall–Kier alpha value is -2.47. The zero-order valence-corrected chi connectivity index (χ0v) is 12.4. The van der Waals surface area contributed by atoms with Gasteiger partial charge in [-0.3, -0.25) is 4.68 Å². The van der Waals surface area contributed by atoms with Crippen LogP contribution in [0.5, 0.6) is 0 Å². The zero-order valence-electron chi connectivity index (χ0n) is 11.6. The van der Waals surface area contributed by atoms with Gasteiger partial charge in [-0.25, -0.2) is 9.78 Å². The molecule has 3 rings (SSSR count). The van der Waals surface area contributed by atoms with E-state index >= 15 is 0 Å². The van der Waals surface area contributed by atoms with Gasteiger partial charge < -0.3 is 4.74 Å². The number of carbonyl (C=O) groups excluding carboxylic acids is 1. The minimum Gasteiger partial charge on any atom is -0.464 e. The van der Waals surface area contributed by atoms with E-state index in [4.69, 9.17) is 4.74 Å². The number of esters is 1. The molecule has 0 bridgehead atoms. The molecule has 6 heteroatoms. The number of methoxy groups -OCH3 is 1. The van der Waals surface area contributed by atoms with Crippen LogP contribution in [0.1, 0.15) is 10.5 Å². The molecule has 0 amide bonds. The molecule has 0 spiro atoms. The monoisotopic (exact) mass is 299 g/mol. The van der Waals surface area contributed by atoms with Gasteiger partial charge >= 0.3 is 5.97 Å². The van der Waals surface area contributed by atoms with Crippen LogP contribution < -0.4 is 0 Å². The smallest absolute Gasteiger partial charge is 0.358 e. The molecule has 0 aliphatic rings. The van der Waals surface area contributed by atoms with E-state index in [1.165, 1.54) is 18.4 Å². The SMILES string of the molecule is COC(=O)c1nc(-c2cnn(C)c2)sc1-c1ccccc1. The maximum absolute atomic E-state index is 12.0. The van der Waals surface area contributed by atoms with Crippen LogP contribution >= 0.6 is 11.3 Å². The van der Waals surface area contributed by atoms with Gasteiger partial charge in [0.1, 0.15) is 5.01 Å². The standard InChI is InChI=1S/C15H13N3O2S/c1-18-9-11(8-16-18)14-17-12(15(19)20-2)13(21-14)10-6-4-3-5-7-10/h3-9H,1-2H3. The Morgan fingerprint density at radius 1 is 1.24 bits per heavy atom. The third-order valence-corrected chi connectivity index (χ3v) is 4.15. The first-order chi connectivity index (χ1) is 10.2. The van der Waals surface area contributed by atoms with Crippen molar-refractivity contribution in [3.8, 4) is 21.0 Å². The van der Waals surface area contributed by atoms with Crippen molar-refractivity contribution in [3.05, 3.63) is 48.4 Å². The number of ether oxygens (including phenoxy) is 1. The van der Waals surface area contributed by atoms with Gasteiger partial charge in [0.05, 0.1) is 18.2 Å². The van der Waals surface area contributed by atoms with Gasteiger partial charge in [0.2, 0.25) is 0 Å². The number of benzene rings is 1. The molecule has 3 aromatic rings. The summed E-state index contributed by atoms with van der Waals surface area (Å²) in [5.74, 6) is -0.430. The predicted molar refractivity (Wildman–Crippen MR) is 81.1 cm³/mol. The fraction of sp³-hybridized carbons (Fsp3) is 0.133. The highest BCUT2D eigenvalue weighted by Crippen LogP contribution is 2.35. The highest BCUT2D eigenvalue weighted by Gasteiger charge is 2.21. The number of carbonyl (C=O) groups is 1. The van der Waals surface area contributed by atoms with Gasteiger partial charge in [-0.15, -0.1) is 11.3 Å². The molecule has 0 radical (unpaired) electrons. The van der Waals surface area contributed by atoms with Crippen molar-refractivity contribution in [3.63, 3.8) is 0 Å². The van der Waals surface area contributed by atoms with Crippen LogP contribution in [0.4, 0.5) is 0 Å². The first kappa shape index (κ1) is 13.5. The summed E-state index contributed by atoms with van der Waals surface area (Å²) >= 11 is 1.46. The molecule has 2 aromatic heterocycles. The molecular weight excluding hydrogens is 286 g/mol. The van der Waals surface area contributed by atoms with Crippen molar-refractivity contribution < 1.29 is 9.53 Å². The lowest BCUT2D eigenvalue weighted by Crippen LogP contribution is -2.03. The number of rotatable bonds is 3. The van der Waals surface area contributed by atoms with E-state index in [-0.39, 0.29) is 0 Å². The predicted octanol–water partition coefficient (Wildman–Crippen LogP) is 3.00. The summed E-state index contributed by atoms with van der Waals surface area (Å²) in [4.78, 5) is 17.2. The highest BCUT2D eigenvalue weighted by molar-refractivity contribution is 7.18. The van der Waals surface area contributed by atoms with Crippen LogP contribution in [0.15, 0.2) is 42.7 Å². The Kier molecular flexibility index (Phi) is 3.53. The summed E-state index contributed by atoms with van der Waals surface area (Å²) in [7, 11) is 3.20. The van der Waals surface area contributed by atoms with Crippen molar-refractivity contribution in [2.45, 2.75) is 0 Å². The van der Waals surface area contributed by atoms with Crippen LogP contribution in [0.3, 0.4) is 0 Å². The van der Waals surface area contributed by atoms with Gasteiger partial charge in [0.25, 0.3) is 0 Å². The number of hydrogen-bond donors (Lipinski definition) is 0. The molecule has 0 N–H and O–H groups in total. The third-order valence-electron chi connectivity index (χ3n) is 2.99. The van der Waals surface area contributed by atoms with E-state index in [9.17, 15) is 4.79 Å². The van der Waals surface area contributed by atoms with Crippen molar-refractivity contribution in [2.24, 2.45) is 7.05 Å². The topological polar surface area (TPSA) is 57.0 Å². The highest BCUT2D eigenvalue weighted by atomic mass is 32.1. The van der Waals surface area contributed by atoms with E-state index in [1.807, 2.05) is 43.6 Å². The third kappa shape index (κ3) is 2.57. The van der Waals surface area contributed by atoms with Crippen LogP contribution in [-0.4, -0.2) is 27.8 Å². The van der Waals surface area contributed by atoms with E-state index < -0.39 is 5.97 Å². The Bertz CT molecular complexity index is 777. The Morgan fingerprint density at radius 2 is 2.00 bits per heavy atom. The molecule has 0 unspecified atom stereocenters. The second-order valence-corrected chi connectivity index (χ2v) is 5.46. The van der Waals surface area contributed by atoms with Gasteiger partial charge in [-0.1, -0.05) is 30.3 Å². The molecule has 0 fully saturated rings. The van der Waals surface area contributed by atoms with Crippen LogP contribution in [0, 0.1) is 0 Å². The Labute approximate surface area is 125 Å². The Morgan fingerprint density at radius 3 is 2.62 bits per heavy atom. The zero-order chi connectivity index (χ0) is 14.8. The first-order valence-electron chi connectivity index (χ1n) is 6.32. The summed E-state index contributed by atoms with van der Waals surface area (Å²) < 4.78 is 6.54. The quantitative estimate of drug-likeness (QED) is 0.698. The first-order valence-corrected chi connectivity index (χ1v) is 7.14. The van der Waals surface area contributed by atoms with Gasteiger partial charge in [0.15, 0.2) is 5.69 Å². The van der Waals surface area contributed by atoms with Crippen LogP contribution in [0.25, 0.3) is 21.0 Å². The minimum atomic E-state index is -0.430. The maximum atomic E-state index is 12.0. The van der Waals surface area contributed by atoms with E-state index in [2.05, 4.69) is 10.1 Å². The minimum absolute atomic E-state index is 0.340. The fourth-order valence-corrected chi connectivity index (χ4v) is 3.03. The number of aryl methyl sites for hydroxylation is 1. The molecule has 0 atom stereocenters. The Balaban J connectivity index is 2.14. The average Bonchev–Trinajstić information content (AvgIpc) is 3.13. The molecule has 0 saturated carbocycles. The maximum Gasteiger partial charge on any atom is 0.358 e. The summed E-state index contributed by atoms with van der Waals surface area (Å²) in [6.07, 6.45) is 3.60. The van der Waals surface area contributed by atoms with Crippen LogP contribution in [0.2, 0.25) is 0 Å². The fourth-order valence-electron chi connectivity index (χ4n) is 2.00. The second-order valence-electron chi connectivity index (χ2n) is 4.46. The van der Waals surface area contributed by atoms with Gasteiger partial charge in [-0.05, 0) is 5.56 Å². The largest absolute Gasteiger partial charge is 0.464 e. The van der Waals surface area contributed by atoms with Crippen molar-refractivity contribution in [1.82, 2.24) is 14.8 Å². The van der Waals surface area contributed by atoms with E-state index in [0.717, 1.165) is 21.0 Å². The number of hydrogen-bond acceptors (Lipinski definition) is 5. The summed E-state index contributed by atoms with van der Waals surface area (Å²) in [6.45, 7) is 0. The molecule has 0 aliphatic heterocycles. The summed E-state index contributed by atoms with van der Waals surface area (Å²) in [5, 5.41) is 4.89.